The number of β-amino-alcohol motifs (C(OH)–C–C–N with tert-alkyl or cyclic N) is 1. The number of hydrogen-bond donors (Lipinski definition) is 2. The Hall–Kier alpha value is -0.970. The van der Waals surface area contributed by atoms with Crippen molar-refractivity contribution in [3.63, 3.8) is 0 Å². The molecule has 2 rings (SSSR count). The normalized spacial score (nSPS) is 23.2. The largest absolute Gasteiger partial charge is 0.391 e. The van der Waals surface area contributed by atoms with Gasteiger partial charge in [0.2, 0.25) is 0 Å². The number of halogens is 2. The van der Waals surface area contributed by atoms with E-state index in [1.54, 1.807) is 23.1 Å². The lowest BCUT2D eigenvalue weighted by atomic mass is 10.2. The van der Waals surface area contributed by atoms with Gasteiger partial charge < -0.3 is 15.3 Å². The number of rotatable bonds is 1. The van der Waals surface area contributed by atoms with Crippen molar-refractivity contribution >= 4 is 34.9 Å². The summed E-state index contributed by atoms with van der Waals surface area (Å²) in [6, 6.07) is 4.62. The third-order valence-electron chi connectivity index (χ3n) is 2.93. The lowest BCUT2D eigenvalue weighted by Gasteiger charge is -2.21. The third-order valence-corrected chi connectivity index (χ3v) is 3.36. The number of urea groups is 1. The zero-order chi connectivity index (χ0) is 13.3. The Morgan fingerprint density at radius 3 is 2.50 bits per heavy atom. The highest BCUT2D eigenvalue weighted by Crippen LogP contribution is 2.24. The molecule has 98 valence electrons. The molecule has 4 nitrogen and oxygen atoms in total. The highest BCUT2D eigenvalue weighted by molar-refractivity contribution is 6.35. The molecule has 2 amide bonds. The minimum absolute atomic E-state index is 0.0228. The lowest BCUT2D eigenvalue weighted by Crippen LogP contribution is -2.37. The summed E-state index contributed by atoms with van der Waals surface area (Å²) in [4.78, 5) is 13.6. The van der Waals surface area contributed by atoms with Gasteiger partial charge in [-0.1, -0.05) is 23.2 Å². The zero-order valence-corrected chi connectivity index (χ0v) is 11.4. The molecule has 0 aliphatic carbocycles. The molecular weight excluding hydrogens is 275 g/mol. The van der Waals surface area contributed by atoms with Gasteiger partial charge >= 0.3 is 6.03 Å². The van der Waals surface area contributed by atoms with Gasteiger partial charge in [0.25, 0.3) is 0 Å². The topological polar surface area (TPSA) is 52.6 Å². The van der Waals surface area contributed by atoms with Gasteiger partial charge in [0.05, 0.1) is 6.10 Å². The van der Waals surface area contributed by atoms with Crippen molar-refractivity contribution in [3.8, 4) is 0 Å². The van der Waals surface area contributed by atoms with Crippen LogP contribution in [0.4, 0.5) is 10.5 Å². The summed E-state index contributed by atoms with van der Waals surface area (Å²) in [5.74, 6) is 0. The molecule has 1 aromatic rings. The molecule has 0 saturated carbocycles. The van der Waals surface area contributed by atoms with Crippen LogP contribution in [0.3, 0.4) is 0 Å². The van der Waals surface area contributed by atoms with Gasteiger partial charge in [-0.3, -0.25) is 0 Å². The van der Waals surface area contributed by atoms with E-state index in [0.29, 0.717) is 28.7 Å². The molecule has 1 aliphatic rings. The smallest absolute Gasteiger partial charge is 0.322 e. The number of anilines is 1. The van der Waals surface area contributed by atoms with Gasteiger partial charge in [0, 0.05) is 28.3 Å². The molecule has 1 saturated heterocycles. The fourth-order valence-electron chi connectivity index (χ4n) is 2.11. The molecule has 1 fully saturated rings. The van der Waals surface area contributed by atoms with E-state index in [2.05, 4.69) is 5.32 Å². The Kier molecular flexibility index (Phi) is 4.00. The second kappa shape index (κ2) is 5.34. The first-order chi connectivity index (χ1) is 8.45. The van der Waals surface area contributed by atoms with E-state index in [0.717, 1.165) is 0 Å². The molecule has 6 heteroatoms. The van der Waals surface area contributed by atoms with Crippen LogP contribution in [0.2, 0.25) is 10.0 Å². The van der Waals surface area contributed by atoms with Crippen LogP contribution >= 0.6 is 23.2 Å². The minimum atomic E-state index is -0.450. The van der Waals surface area contributed by atoms with Gasteiger partial charge in [-0.2, -0.15) is 0 Å². The monoisotopic (exact) mass is 288 g/mol. The molecule has 1 aromatic carbocycles. The minimum Gasteiger partial charge on any atom is -0.391 e. The van der Waals surface area contributed by atoms with Gasteiger partial charge in [0.1, 0.15) is 0 Å². The van der Waals surface area contributed by atoms with E-state index >= 15 is 0 Å². The van der Waals surface area contributed by atoms with E-state index in [-0.39, 0.29) is 12.1 Å². The predicted octanol–water partition coefficient (Wildman–Crippen LogP) is 2.98. The Balaban J connectivity index is 2.07. The highest BCUT2D eigenvalue weighted by Gasteiger charge is 2.31. The molecule has 1 aliphatic heterocycles. The summed E-state index contributed by atoms with van der Waals surface area (Å²) in [6.45, 7) is 2.25. The number of aliphatic hydroxyl groups is 1. The van der Waals surface area contributed by atoms with Crippen LogP contribution in [-0.2, 0) is 0 Å². The van der Waals surface area contributed by atoms with Crippen LogP contribution in [0.15, 0.2) is 18.2 Å². The fourth-order valence-corrected chi connectivity index (χ4v) is 2.63. The van der Waals surface area contributed by atoms with Crippen molar-refractivity contribution in [1.82, 2.24) is 4.90 Å². The third kappa shape index (κ3) is 3.07. The molecule has 0 aromatic heterocycles. The molecule has 18 heavy (non-hydrogen) atoms. The summed E-state index contributed by atoms with van der Waals surface area (Å²) >= 11 is 11.7. The van der Waals surface area contributed by atoms with Crippen molar-refractivity contribution in [2.75, 3.05) is 11.9 Å². The summed E-state index contributed by atoms with van der Waals surface area (Å²) < 4.78 is 0. The van der Waals surface area contributed by atoms with E-state index in [4.69, 9.17) is 23.2 Å². The number of hydrogen-bond acceptors (Lipinski definition) is 2. The molecule has 1 heterocycles. The molecule has 2 N–H and O–H groups in total. The number of likely N-dealkylation sites (tertiary alicyclic amines) is 1. The molecule has 0 spiro atoms. The van der Waals surface area contributed by atoms with Crippen LogP contribution in [0, 0.1) is 0 Å². The number of carbonyl (C=O) groups excluding carboxylic acids is 1. The number of aliphatic hydroxyl groups excluding tert-OH is 1. The summed E-state index contributed by atoms with van der Waals surface area (Å²) in [5, 5.41) is 13.2. The second-order valence-electron chi connectivity index (χ2n) is 4.48. The molecule has 0 bridgehead atoms. The first-order valence-electron chi connectivity index (χ1n) is 5.67. The molecule has 2 atom stereocenters. The first kappa shape index (κ1) is 13.5. The molecule has 2 unspecified atom stereocenters. The molecule has 0 radical (unpaired) electrons. The molecular formula is C12H14Cl2N2O2. The predicted molar refractivity (Wildman–Crippen MR) is 72.3 cm³/mol. The Labute approximate surface area is 115 Å². The Morgan fingerprint density at radius 2 is 2.00 bits per heavy atom. The fraction of sp³-hybridized carbons (Fsp3) is 0.417. The SMILES string of the molecule is CC1CC(O)CN1C(=O)Nc1cc(Cl)cc(Cl)c1. The lowest BCUT2D eigenvalue weighted by molar-refractivity contribution is 0.176. The van der Waals surface area contributed by atoms with Crippen LogP contribution in [0.1, 0.15) is 13.3 Å². The van der Waals surface area contributed by atoms with Crippen molar-refractivity contribution in [3.05, 3.63) is 28.2 Å². The number of benzene rings is 1. The average molecular weight is 289 g/mol. The van der Waals surface area contributed by atoms with E-state index in [1.807, 2.05) is 6.92 Å². The summed E-state index contributed by atoms with van der Waals surface area (Å²) in [7, 11) is 0. The maximum absolute atomic E-state index is 12.0. The average Bonchev–Trinajstić information content (AvgIpc) is 2.56. The van der Waals surface area contributed by atoms with Crippen LogP contribution in [0.5, 0.6) is 0 Å². The second-order valence-corrected chi connectivity index (χ2v) is 5.35. The maximum Gasteiger partial charge on any atom is 0.322 e. The van der Waals surface area contributed by atoms with Gasteiger partial charge in [-0.15, -0.1) is 0 Å². The van der Waals surface area contributed by atoms with Crippen molar-refractivity contribution < 1.29 is 9.90 Å². The van der Waals surface area contributed by atoms with Crippen molar-refractivity contribution in [2.45, 2.75) is 25.5 Å². The quantitative estimate of drug-likeness (QED) is 0.835. The number of amides is 2. The number of nitrogens with one attached hydrogen (secondary N) is 1. The first-order valence-corrected chi connectivity index (χ1v) is 6.43. The van der Waals surface area contributed by atoms with Gasteiger partial charge in [0.15, 0.2) is 0 Å². The summed E-state index contributed by atoms with van der Waals surface area (Å²) in [5.41, 5.74) is 0.547. The van der Waals surface area contributed by atoms with E-state index < -0.39 is 6.10 Å². The standard InChI is InChI=1S/C12H14Cl2N2O2/c1-7-2-11(17)6-16(7)12(18)15-10-4-8(13)3-9(14)5-10/h3-5,7,11,17H,2,6H2,1H3,(H,15,18). The highest BCUT2D eigenvalue weighted by atomic mass is 35.5. The van der Waals surface area contributed by atoms with Crippen LogP contribution in [0.25, 0.3) is 0 Å². The van der Waals surface area contributed by atoms with Crippen molar-refractivity contribution in [2.24, 2.45) is 0 Å². The summed E-state index contributed by atoms with van der Waals surface area (Å²) in [6.07, 6.45) is 0.151. The van der Waals surface area contributed by atoms with E-state index in [1.165, 1.54) is 0 Å². The maximum atomic E-state index is 12.0. The number of carbonyl (C=O) groups is 1. The van der Waals surface area contributed by atoms with E-state index in [9.17, 15) is 9.90 Å². The van der Waals surface area contributed by atoms with Crippen molar-refractivity contribution in [1.29, 1.82) is 0 Å². The van der Waals surface area contributed by atoms with Crippen LogP contribution < -0.4 is 5.32 Å². The Bertz CT molecular complexity index is 447. The van der Waals surface area contributed by atoms with Gasteiger partial charge in [-0.05, 0) is 31.5 Å². The van der Waals surface area contributed by atoms with Crippen LogP contribution in [-0.4, -0.2) is 34.7 Å². The Morgan fingerprint density at radius 1 is 1.39 bits per heavy atom. The zero-order valence-electron chi connectivity index (χ0n) is 9.86. The number of nitrogens with zero attached hydrogens (tertiary/aromatic N) is 1. The van der Waals surface area contributed by atoms with Gasteiger partial charge in [-0.25, -0.2) is 4.79 Å².